The number of carbonyl (C=O) groups is 1. The molecule has 146 valence electrons. The Labute approximate surface area is 166 Å². The first-order valence-corrected chi connectivity index (χ1v) is 9.75. The van der Waals surface area contributed by atoms with Gasteiger partial charge in [0.1, 0.15) is 5.75 Å². The van der Waals surface area contributed by atoms with Gasteiger partial charge in [-0.2, -0.15) is 0 Å². The maximum Gasteiger partial charge on any atom is 0.344 e. The number of esters is 1. The number of aryl methyl sites for hydroxylation is 1. The van der Waals surface area contributed by atoms with Gasteiger partial charge in [0.05, 0.1) is 12.1 Å². The summed E-state index contributed by atoms with van der Waals surface area (Å²) in [6, 6.07) is 16.8. The quantitative estimate of drug-likeness (QED) is 0.392. The van der Waals surface area contributed by atoms with E-state index in [1.807, 2.05) is 12.1 Å². The van der Waals surface area contributed by atoms with E-state index in [0.29, 0.717) is 13.0 Å². The van der Waals surface area contributed by atoms with Crippen LogP contribution in [0.3, 0.4) is 0 Å². The van der Waals surface area contributed by atoms with Gasteiger partial charge in [-0.1, -0.05) is 49.4 Å². The lowest BCUT2D eigenvalue weighted by atomic mass is 10.1. The number of benzene rings is 2. The van der Waals surface area contributed by atoms with Crippen LogP contribution in [-0.4, -0.2) is 23.8 Å². The molecule has 28 heavy (non-hydrogen) atoms. The van der Waals surface area contributed by atoms with Gasteiger partial charge in [-0.3, -0.25) is 0 Å². The fourth-order valence-electron chi connectivity index (χ4n) is 3.47. The highest BCUT2D eigenvalue weighted by Crippen LogP contribution is 2.34. The van der Waals surface area contributed by atoms with Gasteiger partial charge in [0.15, 0.2) is 6.61 Å². The van der Waals surface area contributed by atoms with Crippen molar-refractivity contribution in [3.05, 3.63) is 78.0 Å². The minimum Gasteiger partial charge on any atom is -0.481 e. The van der Waals surface area contributed by atoms with Gasteiger partial charge < -0.3 is 14.0 Å². The van der Waals surface area contributed by atoms with Crippen LogP contribution < -0.4 is 4.74 Å². The molecule has 0 saturated heterocycles. The molecule has 0 amide bonds. The van der Waals surface area contributed by atoms with Gasteiger partial charge in [0.25, 0.3) is 0 Å². The normalized spacial score (nSPS) is 10.8. The number of hydrogen-bond acceptors (Lipinski definition) is 3. The van der Waals surface area contributed by atoms with Crippen molar-refractivity contribution in [1.29, 1.82) is 0 Å². The number of rotatable bonds is 9. The van der Waals surface area contributed by atoms with Crippen molar-refractivity contribution in [2.75, 3.05) is 13.2 Å². The van der Waals surface area contributed by atoms with E-state index in [1.54, 1.807) is 6.92 Å². The number of allylic oxidation sites excluding steroid dienone is 1. The number of fused-ring (bicyclic) bond motifs is 1. The third-order valence-electron chi connectivity index (χ3n) is 4.75. The van der Waals surface area contributed by atoms with Crippen LogP contribution in [0.2, 0.25) is 0 Å². The number of hydrogen-bond donors (Lipinski definition) is 0. The summed E-state index contributed by atoms with van der Waals surface area (Å²) in [7, 11) is 0. The molecule has 0 bridgehead atoms. The highest BCUT2D eigenvalue weighted by atomic mass is 16.6. The summed E-state index contributed by atoms with van der Waals surface area (Å²) < 4.78 is 13.3. The fourth-order valence-corrected chi connectivity index (χ4v) is 3.47. The maximum atomic E-state index is 11.8. The Kier molecular flexibility index (Phi) is 6.53. The highest BCUT2D eigenvalue weighted by molar-refractivity contribution is 5.89. The monoisotopic (exact) mass is 377 g/mol. The molecule has 1 heterocycles. The lowest BCUT2D eigenvalue weighted by Crippen LogP contribution is -2.15. The molecule has 4 nitrogen and oxygen atoms in total. The second-order valence-corrected chi connectivity index (χ2v) is 6.63. The SMILES string of the molecule is C=CCc1ccc2c(cc(CC)n2Cc2ccccc2)c1OCC(=O)OCC. The third-order valence-corrected chi connectivity index (χ3v) is 4.75. The van der Waals surface area contributed by atoms with Crippen LogP contribution in [0.15, 0.2) is 61.2 Å². The Hall–Kier alpha value is -3.01. The molecule has 0 atom stereocenters. The van der Waals surface area contributed by atoms with Crippen LogP contribution in [0.5, 0.6) is 5.75 Å². The zero-order valence-electron chi connectivity index (χ0n) is 16.6. The van der Waals surface area contributed by atoms with Crippen molar-refractivity contribution in [1.82, 2.24) is 4.57 Å². The Morgan fingerprint density at radius 3 is 2.61 bits per heavy atom. The van der Waals surface area contributed by atoms with Crippen LogP contribution in [0.1, 0.15) is 30.7 Å². The van der Waals surface area contributed by atoms with Crippen molar-refractivity contribution in [3.63, 3.8) is 0 Å². The summed E-state index contributed by atoms with van der Waals surface area (Å²) >= 11 is 0. The van der Waals surface area contributed by atoms with Crippen LogP contribution in [-0.2, 0) is 28.9 Å². The van der Waals surface area contributed by atoms with E-state index >= 15 is 0 Å². The number of nitrogens with zero attached hydrogens (tertiary/aromatic N) is 1. The van der Waals surface area contributed by atoms with Crippen molar-refractivity contribution < 1.29 is 14.3 Å². The van der Waals surface area contributed by atoms with Gasteiger partial charge >= 0.3 is 5.97 Å². The first-order valence-electron chi connectivity index (χ1n) is 9.75. The van der Waals surface area contributed by atoms with Crippen molar-refractivity contribution in [2.45, 2.75) is 33.2 Å². The number of aromatic nitrogens is 1. The van der Waals surface area contributed by atoms with E-state index in [9.17, 15) is 4.79 Å². The largest absolute Gasteiger partial charge is 0.481 e. The molecule has 0 unspecified atom stereocenters. The van der Waals surface area contributed by atoms with Gasteiger partial charge in [-0.25, -0.2) is 4.79 Å². The summed E-state index contributed by atoms with van der Waals surface area (Å²) in [5, 5.41) is 1.02. The molecule has 3 rings (SSSR count). The van der Waals surface area contributed by atoms with Gasteiger partial charge in [-0.05, 0) is 43.0 Å². The van der Waals surface area contributed by atoms with E-state index in [4.69, 9.17) is 9.47 Å². The molecule has 0 aliphatic heterocycles. The summed E-state index contributed by atoms with van der Waals surface area (Å²) in [6.07, 6.45) is 3.44. The minimum atomic E-state index is -0.358. The molecule has 0 aliphatic carbocycles. The molecule has 3 aromatic rings. The first-order chi connectivity index (χ1) is 13.7. The van der Waals surface area contributed by atoms with Gasteiger partial charge in [0, 0.05) is 17.6 Å². The first kappa shape index (κ1) is 19.7. The van der Waals surface area contributed by atoms with Crippen molar-refractivity contribution >= 4 is 16.9 Å². The molecule has 0 saturated carbocycles. The Morgan fingerprint density at radius 2 is 1.93 bits per heavy atom. The Balaban J connectivity index is 2.04. The zero-order chi connectivity index (χ0) is 19.9. The predicted octanol–water partition coefficient (Wildman–Crippen LogP) is 4.92. The number of carbonyl (C=O) groups excluding carboxylic acids is 1. The Bertz CT molecular complexity index is 957. The van der Waals surface area contributed by atoms with E-state index in [0.717, 1.165) is 35.2 Å². The van der Waals surface area contributed by atoms with Crippen molar-refractivity contribution in [2.24, 2.45) is 0 Å². The standard InChI is InChI=1S/C24H27NO3/c1-4-10-19-13-14-22-21(24(19)28-17-23(26)27-6-3)15-20(5-2)25(22)16-18-11-8-7-9-12-18/h4,7-9,11-15H,1,5-6,10,16-17H2,2-3H3. The topological polar surface area (TPSA) is 40.5 Å². The van der Waals surface area contributed by atoms with Crippen LogP contribution >= 0.6 is 0 Å². The van der Waals surface area contributed by atoms with E-state index in [1.165, 1.54) is 11.3 Å². The molecular weight excluding hydrogens is 350 g/mol. The minimum absolute atomic E-state index is 0.0948. The second kappa shape index (κ2) is 9.27. The molecule has 0 N–H and O–H groups in total. The summed E-state index contributed by atoms with van der Waals surface area (Å²) in [6.45, 7) is 8.84. The average molecular weight is 377 g/mol. The average Bonchev–Trinajstić information content (AvgIpc) is 3.06. The summed E-state index contributed by atoms with van der Waals surface area (Å²) in [4.78, 5) is 11.8. The smallest absolute Gasteiger partial charge is 0.344 e. The number of ether oxygens (including phenoxy) is 2. The summed E-state index contributed by atoms with van der Waals surface area (Å²) in [5.41, 5.74) is 4.60. The lowest BCUT2D eigenvalue weighted by molar-refractivity contribution is -0.145. The van der Waals surface area contributed by atoms with E-state index in [-0.39, 0.29) is 12.6 Å². The molecule has 0 aliphatic rings. The summed E-state index contributed by atoms with van der Waals surface area (Å²) in [5.74, 6) is 0.385. The maximum absolute atomic E-state index is 11.8. The van der Waals surface area contributed by atoms with E-state index in [2.05, 4.69) is 60.5 Å². The van der Waals surface area contributed by atoms with Crippen LogP contribution in [0.25, 0.3) is 10.9 Å². The zero-order valence-corrected chi connectivity index (χ0v) is 16.6. The third kappa shape index (κ3) is 4.28. The van der Waals surface area contributed by atoms with Crippen molar-refractivity contribution in [3.8, 4) is 5.75 Å². The molecule has 4 heteroatoms. The molecular formula is C24H27NO3. The van der Waals surface area contributed by atoms with Gasteiger partial charge in [-0.15, -0.1) is 6.58 Å². The van der Waals surface area contributed by atoms with Crippen LogP contribution in [0, 0.1) is 0 Å². The highest BCUT2D eigenvalue weighted by Gasteiger charge is 2.16. The molecule has 0 fully saturated rings. The lowest BCUT2D eigenvalue weighted by Gasteiger charge is -2.13. The fraction of sp³-hybridized carbons (Fsp3) is 0.292. The second-order valence-electron chi connectivity index (χ2n) is 6.63. The molecule has 2 aromatic carbocycles. The van der Waals surface area contributed by atoms with E-state index < -0.39 is 0 Å². The van der Waals surface area contributed by atoms with Gasteiger partial charge in [0.2, 0.25) is 0 Å². The van der Waals surface area contributed by atoms with Crippen LogP contribution in [0.4, 0.5) is 0 Å². The molecule has 1 aromatic heterocycles. The molecule has 0 spiro atoms. The predicted molar refractivity (Wildman–Crippen MR) is 113 cm³/mol. The molecule has 0 radical (unpaired) electrons. The Morgan fingerprint density at radius 1 is 1.14 bits per heavy atom.